The summed E-state index contributed by atoms with van der Waals surface area (Å²) < 4.78 is 0. The van der Waals surface area contributed by atoms with Crippen molar-refractivity contribution in [3.05, 3.63) is 63.6 Å². The Kier molecular flexibility index (Phi) is 5.44. The zero-order chi connectivity index (χ0) is 15.2. The fourth-order valence-electron chi connectivity index (χ4n) is 1.77. The molecule has 0 unspecified atom stereocenters. The van der Waals surface area contributed by atoms with Gasteiger partial charge in [0.05, 0.1) is 16.7 Å². The molecule has 0 saturated heterocycles. The molecule has 0 radical (unpaired) electrons. The first kappa shape index (κ1) is 15.6. The Hall–Kier alpha value is -1.75. The Bertz CT molecular complexity index is 647. The third-order valence-electron chi connectivity index (χ3n) is 2.80. The van der Waals surface area contributed by atoms with E-state index in [0.717, 1.165) is 11.1 Å². The number of carbonyl (C=O) groups excluding carboxylic acids is 1. The second kappa shape index (κ2) is 7.31. The predicted molar refractivity (Wildman–Crippen MR) is 84.7 cm³/mol. The molecule has 0 aromatic heterocycles. The molecule has 0 spiro atoms. The number of aliphatic hydroxyl groups is 1. The minimum absolute atomic E-state index is 0.0245. The second-order valence-electron chi connectivity index (χ2n) is 4.41. The van der Waals surface area contributed by atoms with E-state index in [0.29, 0.717) is 22.3 Å². The summed E-state index contributed by atoms with van der Waals surface area (Å²) in [4.78, 5) is 11.8. The van der Waals surface area contributed by atoms with Gasteiger partial charge in [-0.05, 0) is 29.3 Å². The lowest BCUT2D eigenvalue weighted by Gasteiger charge is -2.09. The van der Waals surface area contributed by atoms with Crippen LogP contribution >= 0.6 is 23.2 Å². The van der Waals surface area contributed by atoms with E-state index in [1.165, 1.54) is 0 Å². The van der Waals surface area contributed by atoms with Crippen molar-refractivity contribution in [3.8, 4) is 0 Å². The molecule has 0 atom stereocenters. The van der Waals surface area contributed by atoms with Gasteiger partial charge in [0.25, 0.3) is 0 Å². The van der Waals surface area contributed by atoms with Crippen LogP contribution in [0, 0.1) is 0 Å². The molecule has 0 heterocycles. The van der Waals surface area contributed by atoms with E-state index in [4.69, 9.17) is 28.3 Å². The number of urea groups is 1. The van der Waals surface area contributed by atoms with Gasteiger partial charge in [0.2, 0.25) is 0 Å². The summed E-state index contributed by atoms with van der Waals surface area (Å²) in [5.74, 6) is 0. The molecule has 0 bridgehead atoms. The van der Waals surface area contributed by atoms with Crippen LogP contribution < -0.4 is 10.6 Å². The Labute approximate surface area is 132 Å². The Morgan fingerprint density at radius 1 is 1.05 bits per heavy atom. The van der Waals surface area contributed by atoms with Gasteiger partial charge in [0.15, 0.2) is 0 Å². The maximum absolute atomic E-state index is 11.8. The normalized spacial score (nSPS) is 10.2. The fourth-order valence-corrected chi connectivity index (χ4v) is 2.07. The van der Waals surface area contributed by atoms with E-state index in [-0.39, 0.29) is 12.6 Å². The number of carbonyl (C=O) groups is 1. The number of rotatable bonds is 4. The quantitative estimate of drug-likeness (QED) is 0.800. The Balaban J connectivity index is 1.91. The van der Waals surface area contributed by atoms with Crippen molar-refractivity contribution in [2.75, 3.05) is 5.32 Å². The number of nitrogens with one attached hydrogen (secondary N) is 2. The maximum Gasteiger partial charge on any atom is 0.319 e. The monoisotopic (exact) mass is 324 g/mol. The van der Waals surface area contributed by atoms with Crippen molar-refractivity contribution in [2.24, 2.45) is 0 Å². The predicted octanol–water partition coefficient (Wildman–Crippen LogP) is 3.81. The molecule has 2 rings (SSSR count). The van der Waals surface area contributed by atoms with Crippen molar-refractivity contribution < 1.29 is 9.90 Å². The van der Waals surface area contributed by atoms with Crippen LogP contribution in [0.5, 0.6) is 0 Å². The van der Waals surface area contributed by atoms with Crippen molar-refractivity contribution in [2.45, 2.75) is 13.2 Å². The topological polar surface area (TPSA) is 61.4 Å². The largest absolute Gasteiger partial charge is 0.392 e. The fraction of sp³-hybridized carbons (Fsp3) is 0.133. The average Bonchev–Trinajstić information content (AvgIpc) is 2.49. The minimum atomic E-state index is -0.345. The Morgan fingerprint density at radius 2 is 1.81 bits per heavy atom. The number of hydrogen-bond donors (Lipinski definition) is 3. The maximum atomic E-state index is 11.8. The molecular formula is C15H14Cl2N2O2. The highest BCUT2D eigenvalue weighted by molar-refractivity contribution is 6.42. The third-order valence-corrected chi connectivity index (χ3v) is 3.54. The molecule has 0 fully saturated rings. The van der Waals surface area contributed by atoms with Gasteiger partial charge < -0.3 is 15.7 Å². The number of halogens is 2. The van der Waals surface area contributed by atoms with Gasteiger partial charge in [-0.25, -0.2) is 4.79 Å². The van der Waals surface area contributed by atoms with Crippen LogP contribution in [0.2, 0.25) is 10.0 Å². The lowest BCUT2D eigenvalue weighted by molar-refractivity contribution is 0.251. The number of amides is 2. The van der Waals surface area contributed by atoms with Crippen molar-refractivity contribution in [1.82, 2.24) is 5.32 Å². The SMILES string of the molecule is O=C(NCc1cccc(CO)c1)Nc1ccc(Cl)c(Cl)c1. The summed E-state index contributed by atoms with van der Waals surface area (Å²) in [7, 11) is 0. The molecule has 3 N–H and O–H groups in total. The van der Waals surface area contributed by atoms with E-state index in [2.05, 4.69) is 10.6 Å². The minimum Gasteiger partial charge on any atom is -0.392 e. The van der Waals surface area contributed by atoms with Gasteiger partial charge in [-0.3, -0.25) is 0 Å². The van der Waals surface area contributed by atoms with Gasteiger partial charge in [0.1, 0.15) is 0 Å². The summed E-state index contributed by atoms with van der Waals surface area (Å²) in [6, 6.07) is 11.9. The zero-order valence-corrected chi connectivity index (χ0v) is 12.6. The highest BCUT2D eigenvalue weighted by Crippen LogP contribution is 2.24. The van der Waals surface area contributed by atoms with Gasteiger partial charge in [-0.2, -0.15) is 0 Å². The molecule has 0 saturated carbocycles. The second-order valence-corrected chi connectivity index (χ2v) is 5.23. The molecule has 2 amide bonds. The lowest BCUT2D eigenvalue weighted by atomic mass is 10.1. The van der Waals surface area contributed by atoms with Crippen LogP contribution in [0.25, 0.3) is 0 Å². The average molecular weight is 325 g/mol. The van der Waals surface area contributed by atoms with Gasteiger partial charge >= 0.3 is 6.03 Å². The molecule has 0 aliphatic heterocycles. The van der Waals surface area contributed by atoms with Gasteiger partial charge in [0, 0.05) is 12.2 Å². The smallest absolute Gasteiger partial charge is 0.319 e. The van der Waals surface area contributed by atoms with E-state index < -0.39 is 0 Å². The summed E-state index contributed by atoms with van der Waals surface area (Å²) in [5.41, 5.74) is 2.27. The van der Waals surface area contributed by atoms with Crippen LogP contribution in [0.3, 0.4) is 0 Å². The van der Waals surface area contributed by atoms with Crippen LogP contribution in [0.1, 0.15) is 11.1 Å². The van der Waals surface area contributed by atoms with Crippen LogP contribution in [-0.4, -0.2) is 11.1 Å². The molecule has 4 nitrogen and oxygen atoms in total. The highest BCUT2D eigenvalue weighted by Gasteiger charge is 2.04. The van der Waals surface area contributed by atoms with Crippen LogP contribution in [0.4, 0.5) is 10.5 Å². The number of hydrogen-bond acceptors (Lipinski definition) is 2. The van der Waals surface area contributed by atoms with Crippen molar-refractivity contribution >= 4 is 34.9 Å². The first-order valence-corrected chi connectivity index (χ1v) is 7.02. The van der Waals surface area contributed by atoms with E-state index >= 15 is 0 Å². The standard InChI is InChI=1S/C15H14Cl2N2O2/c16-13-5-4-12(7-14(13)17)19-15(21)18-8-10-2-1-3-11(6-10)9-20/h1-7,20H,8-9H2,(H2,18,19,21). The molecule has 2 aromatic rings. The number of anilines is 1. The number of aliphatic hydroxyl groups excluding tert-OH is 1. The van der Waals surface area contributed by atoms with Crippen LogP contribution in [0.15, 0.2) is 42.5 Å². The highest BCUT2D eigenvalue weighted by atomic mass is 35.5. The van der Waals surface area contributed by atoms with E-state index in [1.807, 2.05) is 24.3 Å². The molecule has 110 valence electrons. The van der Waals surface area contributed by atoms with Gasteiger partial charge in [-0.1, -0.05) is 47.5 Å². The summed E-state index contributed by atoms with van der Waals surface area (Å²) in [5, 5.41) is 15.3. The molecular weight excluding hydrogens is 311 g/mol. The van der Waals surface area contributed by atoms with E-state index in [9.17, 15) is 4.79 Å². The van der Waals surface area contributed by atoms with E-state index in [1.54, 1.807) is 18.2 Å². The van der Waals surface area contributed by atoms with Crippen molar-refractivity contribution in [3.63, 3.8) is 0 Å². The molecule has 0 aliphatic rings. The summed E-state index contributed by atoms with van der Waals surface area (Å²) in [6.45, 7) is 0.338. The molecule has 0 aliphatic carbocycles. The van der Waals surface area contributed by atoms with Crippen LogP contribution in [-0.2, 0) is 13.2 Å². The van der Waals surface area contributed by atoms with Crippen molar-refractivity contribution in [1.29, 1.82) is 0 Å². The number of benzene rings is 2. The molecule has 6 heteroatoms. The zero-order valence-electron chi connectivity index (χ0n) is 11.1. The lowest BCUT2D eigenvalue weighted by Crippen LogP contribution is -2.28. The third kappa shape index (κ3) is 4.63. The Morgan fingerprint density at radius 3 is 2.52 bits per heavy atom. The first-order valence-electron chi connectivity index (χ1n) is 6.27. The van der Waals surface area contributed by atoms with Gasteiger partial charge in [-0.15, -0.1) is 0 Å². The molecule has 2 aromatic carbocycles. The first-order chi connectivity index (χ1) is 10.1. The summed E-state index contributed by atoms with van der Waals surface area (Å²) in [6.07, 6.45) is 0. The summed E-state index contributed by atoms with van der Waals surface area (Å²) >= 11 is 11.7. The molecule has 21 heavy (non-hydrogen) atoms.